The fourth-order valence-electron chi connectivity index (χ4n) is 3.15. The Morgan fingerprint density at radius 1 is 0.905 bits per heavy atom. The lowest BCUT2D eigenvalue weighted by Gasteiger charge is -2.31. The second-order valence-electron chi connectivity index (χ2n) is 5.72. The average molecular weight is 279 g/mol. The van der Waals surface area contributed by atoms with Crippen LogP contribution in [0.5, 0.6) is 0 Å². The quantitative estimate of drug-likeness (QED) is 0.886. The van der Waals surface area contributed by atoms with Gasteiger partial charge in [-0.25, -0.2) is 0 Å². The van der Waals surface area contributed by atoms with Gasteiger partial charge in [0, 0.05) is 18.0 Å². The Labute approximate surface area is 126 Å². The van der Waals surface area contributed by atoms with Crippen molar-refractivity contribution in [1.82, 2.24) is 0 Å². The molecule has 2 nitrogen and oxygen atoms in total. The highest BCUT2D eigenvalue weighted by Gasteiger charge is 2.31. The van der Waals surface area contributed by atoms with Gasteiger partial charge >= 0.3 is 0 Å². The van der Waals surface area contributed by atoms with E-state index in [1.807, 2.05) is 36.4 Å². The van der Waals surface area contributed by atoms with Crippen LogP contribution in [-0.4, -0.2) is 5.78 Å². The van der Waals surface area contributed by atoms with Crippen molar-refractivity contribution in [3.8, 4) is 0 Å². The van der Waals surface area contributed by atoms with Crippen LogP contribution >= 0.6 is 0 Å². The van der Waals surface area contributed by atoms with E-state index in [-0.39, 0.29) is 12.0 Å². The molecule has 1 saturated carbocycles. The van der Waals surface area contributed by atoms with Crippen molar-refractivity contribution < 1.29 is 4.79 Å². The van der Waals surface area contributed by atoms with Crippen LogP contribution in [0.4, 0.5) is 5.69 Å². The first-order valence-electron chi connectivity index (χ1n) is 7.74. The Bertz CT molecular complexity index is 579. The number of nitrogens with one attached hydrogen (secondary N) is 1. The first kappa shape index (κ1) is 13.9. The monoisotopic (exact) mass is 279 g/mol. The van der Waals surface area contributed by atoms with Crippen molar-refractivity contribution in [3.05, 3.63) is 66.2 Å². The Balaban J connectivity index is 1.89. The van der Waals surface area contributed by atoms with Crippen LogP contribution in [-0.2, 0) is 4.79 Å². The maximum Gasteiger partial charge on any atom is 0.138 e. The van der Waals surface area contributed by atoms with E-state index in [9.17, 15) is 4.79 Å². The summed E-state index contributed by atoms with van der Waals surface area (Å²) < 4.78 is 0. The lowest BCUT2D eigenvalue weighted by Crippen LogP contribution is -2.30. The molecule has 0 radical (unpaired) electrons. The highest BCUT2D eigenvalue weighted by atomic mass is 16.1. The van der Waals surface area contributed by atoms with Crippen LogP contribution in [0.2, 0.25) is 0 Å². The van der Waals surface area contributed by atoms with Crippen LogP contribution in [0.1, 0.15) is 37.3 Å². The number of carbonyl (C=O) groups is 1. The highest BCUT2D eigenvalue weighted by molar-refractivity contribution is 5.83. The summed E-state index contributed by atoms with van der Waals surface area (Å²) in [5, 5.41) is 3.57. The summed E-state index contributed by atoms with van der Waals surface area (Å²) in [5.74, 6) is 0.486. The molecule has 1 aliphatic carbocycles. The van der Waals surface area contributed by atoms with Gasteiger partial charge in [-0.15, -0.1) is 0 Å². The van der Waals surface area contributed by atoms with E-state index in [1.54, 1.807) is 0 Å². The first-order valence-corrected chi connectivity index (χ1v) is 7.74. The van der Waals surface area contributed by atoms with E-state index >= 15 is 0 Å². The van der Waals surface area contributed by atoms with Crippen LogP contribution in [0, 0.1) is 5.92 Å². The minimum absolute atomic E-state index is 0.0707. The van der Waals surface area contributed by atoms with Crippen molar-refractivity contribution in [3.63, 3.8) is 0 Å². The molecule has 1 fully saturated rings. The van der Waals surface area contributed by atoms with Gasteiger partial charge in [0.2, 0.25) is 0 Å². The minimum atomic E-state index is 0.0707. The van der Waals surface area contributed by atoms with Crippen molar-refractivity contribution in [2.75, 3.05) is 5.32 Å². The molecular formula is C19H21NO. The Morgan fingerprint density at radius 2 is 1.57 bits per heavy atom. The zero-order chi connectivity index (χ0) is 14.5. The van der Waals surface area contributed by atoms with Gasteiger partial charge in [0.1, 0.15) is 5.78 Å². The normalized spacial score (nSPS) is 20.0. The Morgan fingerprint density at radius 3 is 2.24 bits per heavy atom. The molecule has 0 amide bonds. The average Bonchev–Trinajstić information content (AvgIpc) is 2.55. The van der Waals surface area contributed by atoms with Gasteiger partial charge < -0.3 is 5.32 Å². The topological polar surface area (TPSA) is 29.1 Å². The zero-order valence-corrected chi connectivity index (χ0v) is 12.2. The number of anilines is 1. The molecule has 1 unspecified atom stereocenters. The first-order chi connectivity index (χ1) is 10.3. The predicted octanol–water partition coefficient (Wildman–Crippen LogP) is 4.60. The molecule has 108 valence electrons. The number of carbonyl (C=O) groups excluding carboxylic acids is 1. The fourth-order valence-corrected chi connectivity index (χ4v) is 3.15. The molecule has 0 aliphatic heterocycles. The highest BCUT2D eigenvalue weighted by Crippen LogP contribution is 2.34. The summed E-state index contributed by atoms with van der Waals surface area (Å²) in [6, 6.07) is 20.6. The van der Waals surface area contributed by atoms with Crippen molar-refractivity contribution >= 4 is 11.5 Å². The molecule has 21 heavy (non-hydrogen) atoms. The summed E-state index contributed by atoms with van der Waals surface area (Å²) in [5.41, 5.74) is 2.27. The molecule has 2 aromatic rings. The molecule has 2 atom stereocenters. The Kier molecular flexibility index (Phi) is 4.34. The van der Waals surface area contributed by atoms with E-state index in [0.29, 0.717) is 5.78 Å². The number of benzene rings is 2. The third-order valence-corrected chi connectivity index (χ3v) is 4.26. The minimum Gasteiger partial charge on any atom is -0.378 e. The Hall–Kier alpha value is -2.09. The van der Waals surface area contributed by atoms with E-state index < -0.39 is 0 Å². The number of rotatable bonds is 4. The van der Waals surface area contributed by atoms with Crippen LogP contribution in [0.25, 0.3) is 0 Å². The third-order valence-electron chi connectivity index (χ3n) is 4.26. The van der Waals surface area contributed by atoms with Gasteiger partial charge in [0.15, 0.2) is 0 Å². The summed E-state index contributed by atoms with van der Waals surface area (Å²) in [6.07, 6.45) is 3.90. The molecule has 2 heteroatoms. The molecule has 1 N–H and O–H groups in total. The summed E-state index contributed by atoms with van der Waals surface area (Å²) in [7, 11) is 0. The number of para-hydroxylation sites is 1. The molecule has 0 heterocycles. The second kappa shape index (κ2) is 6.57. The number of hydrogen-bond acceptors (Lipinski definition) is 2. The van der Waals surface area contributed by atoms with Gasteiger partial charge in [-0.1, -0.05) is 55.0 Å². The molecule has 0 spiro atoms. The van der Waals surface area contributed by atoms with E-state index in [1.165, 1.54) is 5.56 Å². The predicted molar refractivity (Wildman–Crippen MR) is 86.2 cm³/mol. The number of Topliss-reactive ketones (excluding diaryl/α,β-unsaturated/α-hetero) is 1. The second-order valence-corrected chi connectivity index (χ2v) is 5.72. The molecule has 0 bridgehead atoms. The smallest absolute Gasteiger partial charge is 0.138 e. The maximum atomic E-state index is 12.4. The summed E-state index contributed by atoms with van der Waals surface area (Å²) >= 11 is 0. The van der Waals surface area contributed by atoms with Gasteiger partial charge in [0.05, 0.1) is 6.04 Å². The molecule has 0 saturated heterocycles. The largest absolute Gasteiger partial charge is 0.378 e. The SMILES string of the molecule is O=C1CCCCC1[C@H](Nc1ccccc1)c1ccccc1. The number of hydrogen-bond donors (Lipinski definition) is 1. The van der Waals surface area contributed by atoms with Gasteiger partial charge in [-0.3, -0.25) is 4.79 Å². The van der Waals surface area contributed by atoms with Gasteiger partial charge in [-0.2, -0.15) is 0 Å². The zero-order valence-electron chi connectivity index (χ0n) is 12.2. The third kappa shape index (κ3) is 3.33. The summed E-state index contributed by atoms with van der Waals surface area (Å²) in [4.78, 5) is 12.4. The van der Waals surface area contributed by atoms with Crippen LogP contribution in [0.15, 0.2) is 60.7 Å². The molecule has 3 rings (SSSR count). The van der Waals surface area contributed by atoms with Crippen molar-refractivity contribution in [1.29, 1.82) is 0 Å². The van der Waals surface area contributed by atoms with Crippen LogP contribution < -0.4 is 5.32 Å². The van der Waals surface area contributed by atoms with Gasteiger partial charge in [0.25, 0.3) is 0 Å². The lowest BCUT2D eigenvalue weighted by atomic mass is 9.80. The molecule has 0 aromatic heterocycles. The molecular weight excluding hydrogens is 258 g/mol. The lowest BCUT2D eigenvalue weighted by molar-refractivity contribution is -0.125. The maximum absolute atomic E-state index is 12.4. The van der Waals surface area contributed by atoms with E-state index in [2.05, 4.69) is 29.6 Å². The van der Waals surface area contributed by atoms with E-state index in [4.69, 9.17) is 0 Å². The molecule has 1 aliphatic rings. The number of ketones is 1. The fraction of sp³-hybridized carbons (Fsp3) is 0.316. The van der Waals surface area contributed by atoms with Crippen molar-refractivity contribution in [2.24, 2.45) is 5.92 Å². The van der Waals surface area contributed by atoms with E-state index in [0.717, 1.165) is 31.4 Å². The standard InChI is InChI=1S/C19H21NO/c21-18-14-8-7-13-17(18)19(15-9-3-1-4-10-15)20-16-11-5-2-6-12-16/h1-6,9-12,17,19-20H,7-8,13-14H2/t17?,19-/m1/s1. The van der Waals surface area contributed by atoms with Gasteiger partial charge in [-0.05, 0) is 30.5 Å². The molecule has 2 aromatic carbocycles. The summed E-state index contributed by atoms with van der Waals surface area (Å²) in [6.45, 7) is 0. The van der Waals surface area contributed by atoms with Crippen LogP contribution in [0.3, 0.4) is 0 Å². The van der Waals surface area contributed by atoms with Crippen molar-refractivity contribution in [2.45, 2.75) is 31.7 Å².